The van der Waals surface area contributed by atoms with Crippen molar-refractivity contribution in [3.05, 3.63) is 63.9 Å². The van der Waals surface area contributed by atoms with E-state index in [0.717, 1.165) is 17.3 Å². The molecule has 0 aliphatic carbocycles. The summed E-state index contributed by atoms with van der Waals surface area (Å²) in [5, 5.41) is 2.83. The topological polar surface area (TPSA) is 38.3 Å². The average Bonchev–Trinajstić information content (AvgIpc) is 2.54. The minimum Gasteiger partial charge on any atom is -0.497 e. The third kappa shape index (κ3) is 5.06. The van der Waals surface area contributed by atoms with Crippen LogP contribution in [0.3, 0.4) is 0 Å². The Labute approximate surface area is 144 Å². The smallest absolute Gasteiger partial charge is 0.254 e. The van der Waals surface area contributed by atoms with Gasteiger partial charge in [-0.3, -0.25) is 4.79 Å². The Hall–Kier alpha value is -1.88. The van der Waals surface area contributed by atoms with Gasteiger partial charge in [-0.25, -0.2) is 4.39 Å². The lowest BCUT2D eigenvalue weighted by atomic mass is 10.1. The molecule has 0 bridgehead atoms. The Morgan fingerprint density at radius 1 is 1.26 bits per heavy atom. The lowest BCUT2D eigenvalue weighted by Crippen LogP contribution is -2.33. The van der Waals surface area contributed by atoms with Crippen LogP contribution in [0.2, 0.25) is 0 Å². The Balaban J connectivity index is 1.90. The highest BCUT2D eigenvalue weighted by molar-refractivity contribution is 9.10. The van der Waals surface area contributed by atoms with Crippen molar-refractivity contribution < 1.29 is 13.9 Å². The average molecular weight is 380 g/mol. The predicted octanol–water partition coefficient (Wildman–Crippen LogP) is 4.35. The largest absolute Gasteiger partial charge is 0.497 e. The summed E-state index contributed by atoms with van der Waals surface area (Å²) < 4.78 is 19.9. The van der Waals surface area contributed by atoms with Gasteiger partial charge >= 0.3 is 0 Å². The van der Waals surface area contributed by atoms with E-state index in [1.54, 1.807) is 6.07 Å². The zero-order valence-electron chi connectivity index (χ0n) is 13.1. The molecule has 0 fully saturated rings. The van der Waals surface area contributed by atoms with Crippen LogP contribution in [-0.4, -0.2) is 19.1 Å². The lowest BCUT2D eigenvalue weighted by Gasteiger charge is -2.14. The molecule has 0 radical (unpaired) electrons. The number of methoxy groups -OCH3 is 1. The SMILES string of the molecule is COc1ccc(C(=O)NC(C)CCc2ccc(Br)cc2)c(F)c1. The molecular formula is C18H19BrFNO2. The molecule has 2 aromatic rings. The molecule has 0 aromatic heterocycles. The van der Waals surface area contributed by atoms with Crippen LogP contribution < -0.4 is 10.1 Å². The highest BCUT2D eigenvalue weighted by Gasteiger charge is 2.14. The maximum absolute atomic E-state index is 13.9. The summed E-state index contributed by atoms with van der Waals surface area (Å²) in [7, 11) is 1.46. The van der Waals surface area contributed by atoms with Gasteiger partial charge < -0.3 is 10.1 Å². The molecule has 3 nitrogen and oxygen atoms in total. The Kier molecular flexibility index (Phi) is 6.16. The first-order valence-corrected chi connectivity index (χ1v) is 8.17. The lowest BCUT2D eigenvalue weighted by molar-refractivity contribution is 0.0934. The highest BCUT2D eigenvalue weighted by Crippen LogP contribution is 2.17. The van der Waals surface area contributed by atoms with Crippen LogP contribution >= 0.6 is 15.9 Å². The van der Waals surface area contributed by atoms with E-state index >= 15 is 0 Å². The molecule has 5 heteroatoms. The second kappa shape index (κ2) is 8.11. The molecule has 2 rings (SSSR count). The Bertz CT molecular complexity index is 673. The van der Waals surface area contributed by atoms with Gasteiger partial charge in [-0.1, -0.05) is 28.1 Å². The summed E-state index contributed by atoms with van der Waals surface area (Å²) in [6.07, 6.45) is 1.63. The van der Waals surface area contributed by atoms with E-state index < -0.39 is 11.7 Å². The van der Waals surface area contributed by atoms with Crippen molar-refractivity contribution in [2.45, 2.75) is 25.8 Å². The summed E-state index contributed by atoms with van der Waals surface area (Å²) in [6, 6.07) is 12.2. The summed E-state index contributed by atoms with van der Waals surface area (Å²) in [6.45, 7) is 1.91. The third-order valence-corrected chi connectivity index (χ3v) is 4.11. The fourth-order valence-electron chi connectivity index (χ4n) is 2.21. The van der Waals surface area contributed by atoms with Gasteiger partial charge in [-0.2, -0.15) is 0 Å². The Morgan fingerprint density at radius 2 is 1.96 bits per heavy atom. The van der Waals surface area contributed by atoms with Crippen molar-refractivity contribution in [3.63, 3.8) is 0 Å². The molecule has 1 amide bonds. The number of aryl methyl sites for hydroxylation is 1. The van der Waals surface area contributed by atoms with Crippen molar-refractivity contribution >= 4 is 21.8 Å². The molecule has 122 valence electrons. The zero-order chi connectivity index (χ0) is 16.8. The molecule has 0 spiro atoms. The molecule has 23 heavy (non-hydrogen) atoms. The van der Waals surface area contributed by atoms with E-state index in [-0.39, 0.29) is 11.6 Å². The van der Waals surface area contributed by atoms with E-state index in [0.29, 0.717) is 5.75 Å². The second-order valence-electron chi connectivity index (χ2n) is 5.39. The first-order chi connectivity index (χ1) is 11.0. The van der Waals surface area contributed by atoms with E-state index in [1.807, 2.05) is 31.2 Å². The number of carbonyl (C=O) groups excluding carboxylic acids is 1. The number of halogens is 2. The van der Waals surface area contributed by atoms with Gasteiger partial charge in [-0.15, -0.1) is 0 Å². The Morgan fingerprint density at radius 3 is 2.57 bits per heavy atom. The van der Waals surface area contributed by atoms with Crippen LogP contribution in [0.4, 0.5) is 4.39 Å². The minimum atomic E-state index is -0.582. The minimum absolute atomic E-state index is 0.0290. The number of hydrogen-bond acceptors (Lipinski definition) is 2. The van der Waals surface area contributed by atoms with Gasteiger partial charge in [0, 0.05) is 16.6 Å². The molecule has 0 saturated carbocycles. The molecule has 0 aliphatic rings. The van der Waals surface area contributed by atoms with Gasteiger partial charge in [-0.05, 0) is 49.6 Å². The molecule has 0 saturated heterocycles. The maximum Gasteiger partial charge on any atom is 0.254 e. The molecule has 0 aliphatic heterocycles. The molecule has 1 atom stereocenters. The molecule has 1 unspecified atom stereocenters. The normalized spacial score (nSPS) is 11.8. The summed E-state index contributed by atoms with van der Waals surface area (Å²) in [4.78, 5) is 12.1. The second-order valence-corrected chi connectivity index (χ2v) is 6.30. The first-order valence-electron chi connectivity index (χ1n) is 7.38. The van der Waals surface area contributed by atoms with E-state index in [1.165, 1.54) is 24.8 Å². The molecule has 2 aromatic carbocycles. The number of benzene rings is 2. The van der Waals surface area contributed by atoms with Crippen molar-refractivity contribution in [1.29, 1.82) is 0 Å². The molecule has 0 heterocycles. The maximum atomic E-state index is 13.9. The quantitative estimate of drug-likeness (QED) is 0.809. The fourth-order valence-corrected chi connectivity index (χ4v) is 2.48. The fraction of sp³-hybridized carbons (Fsp3) is 0.278. The number of amides is 1. The van der Waals surface area contributed by atoms with E-state index in [4.69, 9.17) is 4.74 Å². The van der Waals surface area contributed by atoms with Gasteiger partial charge in [0.1, 0.15) is 11.6 Å². The number of rotatable bonds is 6. The van der Waals surface area contributed by atoms with E-state index in [9.17, 15) is 9.18 Å². The monoisotopic (exact) mass is 379 g/mol. The first kappa shape index (κ1) is 17.5. The third-order valence-electron chi connectivity index (χ3n) is 3.58. The molecular weight excluding hydrogens is 361 g/mol. The van der Waals surface area contributed by atoms with Crippen LogP contribution in [0.15, 0.2) is 46.9 Å². The van der Waals surface area contributed by atoms with Gasteiger partial charge in [0.05, 0.1) is 12.7 Å². The van der Waals surface area contributed by atoms with Crippen molar-refractivity contribution in [1.82, 2.24) is 5.32 Å². The van der Waals surface area contributed by atoms with Crippen molar-refractivity contribution in [3.8, 4) is 5.75 Å². The van der Waals surface area contributed by atoms with Crippen LogP contribution in [0.1, 0.15) is 29.3 Å². The number of ether oxygens (including phenoxy) is 1. The van der Waals surface area contributed by atoms with Gasteiger partial charge in [0.15, 0.2) is 0 Å². The summed E-state index contributed by atoms with van der Waals surface area (Å²) in [5.74, 6) is -0.599. The van der Waals surface area contributed by atoms with E-state index in [2.05, 4.69) is 21.2 Å². The summed E-state index contributed by atoms with van der Waals surface area (Å²) >= 11 is 3.40. The molecule has 1 N–H and O–H groups in total. The van der Waals surface area contributed by atoms with Crippen molar-refractivity contribution in [2.75, 3.05) is 7.11 Å². The van der Waals surface area contributed by atoms with Gasteiger partial charge in [0.25, 0.3) is 5.91 Å². The van der Waals surface area contributed by atoms with Crippen LogP contribution in [0, 0.1) is 5.82 Å². The standard InChI is InChI=1S/C18H19BrFNO2/c1-12(3-4-13-5-7-14(19)8-6-13)21-18(22)16-10-9-15(23-2)11-17(16)20/h5-12H,3-4H2,1-2H3,(H,21,22). The zero-order valence-corrected chi connectivity index (χ0v) is 14.7. The number of nitrogens with one attached hydrogen (secondary N) is 1. The predicted molar refractivity (Wildman–Crippen MR) is 92.3 cm³/mol. The summed E-state index contributed by atoms with van der Waals surface area (Å²) in [5.41, 5.74) is 1.23. The van der Waals surface area contributed by atoms with Crippen molar-refractivity contribution in [2.24, 2.45) is 0 Å². The van der Waals surface area contributed by atoms with Gasteiger partial charge in [0.2, 0.25) is 0 Å². The van der Waals surface area contributed by atoms with Crippen LogP contribution in [-0.2, 0) is 6.42 Å². The van der Waals surface area contributed by atoms with Crippen LogP contribution in [0.5, 0.6) is 5.75 Å². The number of carbonyl (C=O) groups is 1. The number of hydrogen-bond donors (Lipinski definition) is 1. The van der Waals surface area contributed by atoms with Crippen LogP contribution in [0.25, 0.3) is 0 Å². The highest BCUT2D eigenvalue weighted by atomic mass is 79.9.